The lowest BCUT2D eigenvalue weighted by molar-refractivity contribution is -0.384. The van der Waals surface area contributed by atoms with E-state index in [9.17, 15) is 19.6 Å². The van der Waals surface area contributed by atoms with Gasteiger partial charge in [-0.25, -0.2) is 4.39 Å². The molecule has 2 rings (SSSR count). The van der Waals surface area contributed by atoms with Gasteiger partial charge in [0.15, 0.2) is 0 Å². The second-order valence-corrected chi connectivity index (χ2v) is 5.51. The number of aliphatic hydroxyl groups excluding tert-OH is 1. The quantitative estimate of drug-likeness (QED) is 0.456. The third-order valence-electron chi connectivity index (χ3n) is 2.91. The van der Waals surface area contributed by atoms with Gasteiger partial charge in [0.1, 0.15) is 11.5 Å². The molecule has 0 amide bonds. The summed E-state index contributed by atoms with van der Waals surface area (Å²) in [6.45, 7) is 0.0465. The first-order valence-corrected chi connectivity index (χ1v) is 7.17. The summed E-state index contributed by atoms with van der Waals surface area (Å²) in [6.07, 6.45) is -0.840. The normalized spacial score (nSPS) is 12.0. The van der Waals surface area contributed by atoms with E-state index in [1.807, 2.05) is 6.07 Å². The van der Waals surface area contributed by atoms with E-state index in [0.29, 0.717) is 5.56 Å². The number of hydrogen-bond acceptors (Lipinski definition) is 4. The average Bonchev–Trinajstić information content (AvgIpc) is 2.48. The van der Waals surface area contributed by atoms with Crippen LogP contribution >= 0.6 is 22.6 Å². The highest BCUT2D eigenvalue weighted by atomic mass is 127. The van der Waals surface area contributed by atoms with Gasteiger partial charge in [0.05, 0.1) is 14.6 Å². The maximum Gasteiger partial charge on any atom is 0.293 e. The maximum atomic E-state index is 13.5. The largest absolute Gasteiger partial charge is 0.387 e. The zero-order valence-corrected chi connectivity index (χ0v) is 13.0. The zero-order valence-electron chi connectivity index (χ0n) is 10.8. The van der Waals surface area contributed by atoms with Gasteiger partial charge in [0.2, 0.25) is 0 Å². The number of nitrogens with zero attached hydrogens (tertiary/aromatic N) is 1. The smallest absolute Gasteiger partial charge is 0.293 e. The molecule has 110 valence electrons. The van der Waals surface area contributed by atoms with Crippen molar-refractivity contribution in [3.63, 3.8) is 0 Å². The summed E-state index contributed by atoms with van der Waals surface area (Å²) in [5.74, 6) is -0.544. The number of nitrogens with one attached hydrogen (secondary N) is 1. The number of nitro groups is 1. The van der Waals surface area contributed by atoms with E-state index in [2.05, 4.69) is 5.32 Å². The van der Waals surface area contributed by atoms with E-state index < -0.39 is 16.8 Å². The molecule has 2 aromatic carbocycles. The van der Waals surface area contributed by atoms with Crippen LogP contribution in [0.4, 0.5) is 15.8 Å². The van der Waals surface area contributed by atoms with E-state index >= 15 is 0 Å². The number of hydrogen-bond donors (Lipinski definition) is 2. The summed E-state index contributed by atoms with van der Waals surface area (Å²) in [4.78, 5) is 10.4. The van der Waals surface area contributed by atoms with Gasteiger partial charge >= 0.3 is 0 Å². The average molecular weight is 402 g/mol. The fourth-order valence-electron chi connectivity index (χ4n) is 1.83. The predicted octanol–water partition coefficient (Wildman–Crippen LogP) is 3.48. The lowest BCUT2D eigenvalue weighted by atomic mass is 10.1. The summed E-state index contributed by atoms with van der Waals surface area (Å²) in [5.41, 5.74) is 0.507. The monoisotopic (exact) mass is 402 g/mol. The van der Waals surface area contributed by atoms with E-state index in [1.54, 1.807) is 46.9 Å². The van der Waals surface area contributed by atoms with Crippen LogP contribution in [0.2, 0.25) is 0 Å². The summed E-state index contributed by atoms with van der Waals surface area (Å²) < 4.78 is 13.7. The highest BCUT2D eigenvalue weighted by Gasteiger charge is 2.18. The van der Waals surface area contributed by atoms with Gasteiger partial charge in [-0.05, 0) is 28.2 Å². The lowest BCUT2D eigenvalue weighted by Gasteiger charge is -2.13. The fourth-order valence-corrected chi connectivity index (χ4v) is 2.28. The molecular weight excluding hydrogens is 390 g/mol. The Bertz CT molecular complexity index is 652. The van der Waals surface area contributed by atoms with Crippen molar-refractivity contribution >= 4 is 34.0 Å². The van der Waals surface area contributed by atoms with Crippen molar-refractivity contribution in [3.8, 4) is 0 Å². The van der Waals surface area contributed by atoms with Crippen LogP contribution in [0.5, 0.6) is 0 Å². The fraction of sp³-hybridized carbons (Fsp3) is 0.143. The Labute approximate surface area is 134 Å². The molecule has 0 saturated heterocycles. The Morgan fingerprint density at radius 3 is 2.62 bits per heavy atom. The number of anilines is 1. The van der Waals surface area contributed by atoms with Crippen LogP contribution in [0.25, 0.3) is 0 Å². The topological polar surface area (TPSA) is 75.4 Å². The molecule has 0 aliphatic carbocycles. The standard InChI is InChI=1S/C14H12FIN2O3/c15-10-6-12(13(18(20)21)7-11(10)16)17-8-14(19)9-4-2-1-3-5-9/h1-7,14,17,19H,8H2. The Kier molecular flexibility index (Phi) is 5.07. The van der Waals surface area contributed by atoms with Crippen molar-refractivity contribution in [2.75, 3.05) is 11.9 Å². The molecule has 0 heterocycles. The van der Waals surface area contributed by atoms with Crippen LogP contribution in [0, 0.1) is 19.5 Å². The lowest BCUT2D eigenvalue weighted by Crippen LogP contribution is -2.13. The minimum absolute atomic E-state index is 0.0465. The molecular formula is C14H12FIN2O3. The molecule has 0 radical (unpaired) electrons. The van der Waals surface area contributed by atoms with Gasteiger partial charge in [-0.1, -0.05) is 30.3 Å². The predicted molar refractivity (Wildman–Crippen MR) is 85.7 cm³/mol. The van der Waals surface area contributed by atoms with Crippen LogP contribution in [0.1, 0.15) is 11.7 Å². The Morgan fingerprint density at radius 2 is 2.00 bits per heavy atom. The Morgan fingerprint density at radius 1 is 1.33 bits per heavy atom. The van der Waals surface area contributed by atoms with Crippen LogP contribution in [0.15, 0.2) is 42.5 Å². The van der Waals surface area contributed by atoms with Crippen LogP contribution < -0.4 is 5.32 Å². The molecule has 2 aromatic rings. The van der Waals surface area contributed by atoms with E-state index in [-0.39, 0.29) is 21.5 Å². The Hall–Kier alpha value is -1.74. The molecule has 1 unspecified atom stereocenters. The summed E-state index contributed by atoms with van der Waals surface area (Å²) in [6, 6.07) is 11.1. The third kappa shape index (κ3) is 3.88. The second kappa shape index (κ2) is 6.81. The summed E-state index contributed by atoms with van der Waals surface area (Å²) >= 11 is 1.69. The van der Waals surface area contributed by atoms with E-state index in [1.165, 1.54) is 0 Å². The van der Waals surface area contributed by atoms with E-state index in [0.717, 1.165) is 12.1 Å². The van der Waals surface area contributed by atoms with Crippen molar-refractivity contribution in [2.24, 2.45) is 0 Å². The first-order chi connectivity index (χ1) is 9.99. The molecule has 0 fully saturated rings. The van der Waals surface area contributed by atoms with Gasteiger partial charge in [-0.15, -0.1) is 0 Å². The minimum Gasteiger partial charge on any atom is -0.387 e. The molecule has 5 nitrogen and oxygen atoms in total. The summed E-state index contributed by atoms with van der Waals surface area (Å²) in [7, 11) is 0. The van der Waals surface area contributed by atoms with Crippen LogP contribution in [-0.4, -0.2) is 16.6 Å². The number of rotatable bonds is 5. The molecule has 2 N–H and O–H groups in total. The Balaban J connectivity index is 2.16. The van der Waals surface area contributed by atoms with Crippen molar-refractivity contribution < 1.29 is 14.4 Å². The van der Waals surface area contributed by atoms with Crippen molar-refractivity contribution in [1.82, 2.24) is 0 Å². The first kappa shape index (κ1) is 15.6. The number of nitro benzene ring substituents is 1. The van der Waals surface area contributed by atoms with Gasteiger partial charge in [-0.3, -0.25) is 10.1 Å². The van der Waals surface area contributed by atoms with Crippen molar-refractivity contribution in [2.45, 2.75) is 6.10 Å². The number of aliphatic hydroxyl groups is 1. The molecule has 0 spiro atoms. The molecule has 0 aromatic heterocycles. The van der Waals surface area contributed by atoms with Crippen molar-refractivity contribution in [1.29, 1.82) is 0 Å². The maximum absolute atomic E-state index is 13.5. The third-order valence-corrected chi connectivity index (χ3v) is 3.73. The molecule has 1 atom stereocenters. The van der Waals surface area contributed by atoms with Gasteiger partial charge in [0, 0.05) is 18.7 Å². The molecule has 21 heavy (non-hydrogen) atoms. The molecule has 0 saturated carbocycles. The van der Waals surface area contributed by atoms with E-state index in [4.69, 9.17) is 0 Å². The van der Waals surface area contributed by atoms with Gasteiger partial charge in [0.25, 0.3) is 5.69 Å². The van der Waals surface area contributed by atoms with Gasteiger partial charge in [-0.2, -0.15) is 0 Å². The molecule has 7 heteroatoms. The van der Waals surface area contributed by atoms with Crippen LogP contribution in [-0.2, 0) is 0 Å². The first-order valence-electron chi connectivity index (χ1n) is 6.09. The molecule has 0 bridgehead atoms. The van der Waals surface area contributed by atoms with Crippen LogP contribution in [0.3, 0.4) is 0 Å². The summed E-state index contributed by atoms with van der Waals surface area (Å²) in [5, 5.41) is 23.7. The van der Waals surface area contributed by atoms with Crippen molar-refractivity contribution in [3.05, 3.63) is 67.5 Å². The molecule has 0 aliphatic rings. The number of benzene rings is 2. The van der Waals surface area contributed by atoms with Gasteiger partial charge < -0.3 is 10.4 Å². The molecule has 0 aliphatic heterocycles. The number of halogens is 2. The SMILES string of the molecule is O=[N+]([O-])c1cc(I)c(F)cc1NCC(O)c1ccccc1. The highest BCUT2D eigenvalue weighted by molar-refractivity contribution is 14.1. The zero-order chi connectivity index (χ0) is 15.4. The minimum atomic E-state index is -0.840. The second-order valence-electron chi connectivity index (χ2n) is 4.35. The highest BCUT2D eigenvalue weighted by Crippen LogP contribution is 2.29.